The molecule has 1 aromatic carbocycles. The molecule has 1 aliphatic rings. The number of benzene rings is 1. The Labute approximate surface area is 102 Å². The van der Waals surface area contributed by atoms with Crippen LogP contribution in [0.1, 0.15) is 28.8 Å². The summed E-state index contributed by atoms with van der Waals surface area (Å²) in [6.45, 7) is 3.72. The van der Waals surface area contributed by atoms with Gasteiger partial charge in [-0.05, 0) is 37.5 Å². The van der Waals surface area contributed by atoms with Gasteiger partial charge in [0.15, 0.2) is 0 Å². The zero-order valence-electron chi connectivity index (χ0n) is 10.1. The van der Waals surface area contributed by atoms with Crippen molar-refractivity contribution in [1.82, 2.24) is 5.32 Å². The maximum absolute atomic E-state index is 11.3. The predicted molar refractivity (Wildman–Crippen MR) is 69.2 cm³/mol. The minimum Gasteiger partial charge on any atom is -0.383 e. The number of rotatable bonds is 6. The van der Waals surface area contributed by atoms with Crippen molar-refractivity contribution in [3.8, 4) is 0 Å². The van der Waals surface area contributed by atoms with Crippen LogP contribution in [0, 0.1) is 6.92 Å². The maximum atomic E-state index is 11.3. The van der Waals surface area contributed by atoms with E-state index in [-0.39, 0.29) is 5.91 Å². The van der Waals surface area contributed by atoms with Crippen LogP contribution in [-0.2, 0) is 0 Å². The summed E-state index contributed by atoms with van der Waals surface area (Å²) in [4.78, 5) is 11.3. The van der Waals surface area contributed by atoms with Crippen LogP contribution in [0.15, 0.2) is 18.2 Å². The normalized spacial score (nSPS) is 14.6. The summed E-state index contributed by atoms with van der Waals surface area (Å²) in [6.07, 6.45) is 2.58. The minimum absolute atomic E-state index is 0.386. The second-order valence-electron chi connectivity index (χ2n) is 4.57. The predicted octanol–water partition coefficient (Wildman–Crippen LogP) is 1.26. The summed E-state index contributed by atoms with van der Waals surface area (Å²) >= 11 is 0. The summed E-state index contributed by atoms with van der Waals surface area (Å²) in [6, 6.07) is 6.34. The molecule has 1 aromatic rings. The Bertz CT molecular complexity index is 413. The van der Waals surface area contributed by atoms with Gasteiger partial charge in [-0.3, -0.25) is 4.79 Å². The first kappa shape index (κ1) is 11.9. The molecule has 2 rings (SSSR count). The van der Waals surface area contributed by atoms with E-state index in [1.165, 1.54) is 12.8 Å². The van der Waals surface area contributed by atoms with Crippen molar-refractivity contribution in [3.63, 3.8) is 0 Å². The summed E-state index contributed by atoms with van der Waals surface area (Å²) in [5, 5.41) is 6.67. The first-order valence-electron chi connectivity index (χ1n) is 6.04. The largest absolute Gasteiger partial charge is 0.383 e. The first-order chi connectivity index (χ1) is 8.16. The molecule has 0 spiro atoms. The average Bonchev–Trinajstić information content (AvgIpc) is 3.08. The highest BCUT2D eigenvalue weighted by molar-refractivity contribution is 5.98. The van der Waals surface area contributed by atoms with Gasteiger partial charge in [-0.1, -0.05) is 6.07 Å². The van der Waals surface area contributed by atoms with Gasteiger partial charge in [0.2, 0.25) is 0 Å². The molecule has 1 saturated carbocycles. The molecule has 0 radical (unpaired) electrons. The smallest absolute Gasteiger partial charge is 0.250 e. The Morgan fingerprint density at radius 3 is 2.82 bits per heavy atom. The second kappa shape index (κ2) is 5.19. The number of hydrogen-bond acceptors (Lipinski definition) is 3. The van der Waals surface area contributed by atoms with E-state index < -0.39 is 0 Å². The van der Waals surface area contributed by atoms with Gasteiger partial charge in [0.1, 0.15) is 0 Å². The molecule has 17 heavy (non-hydrogen) atoms. The lowest BCUT2D eigenvalue weighted by molar-refractivity contribution is 0.100. The summed E-state index contributed by atoms with van der Waals surface area (Å²) < 4.78 is 0. The quantitative estimate of drug-likeness (QED) is 0.648. The highest BCUT2D eigenvalue weighted by Gasteiger charge is 2.19. The zero-order chi connectivity index (χ0) is 12.3. The van der Waals surface area contributed by atoms with Gasteiger partial charge in [-0.25, -0.2) is 0 Å². The van der Waals surface area contributed by atoms with Crippen LogP contribution < -0.4 is 16.4 Å². The van der Waals surface area contributed by atoms with Gasteiger partial charge in [-0.2, -0.15) is 0 Å². The number of amides is 1. The molecule has 0 aliphatic heterocycles. The van der Waals surface area contributed by atoms with E-state index in [4.69, 9.17) is 5.73 Å². The Balaban J connectivity index is 1.92. The third-order valence-corrected chi connectivity index (χ3v) is 2.89. The minimum atomic E-state index is -0.386. The van der Waals surface area contributed by atoms with Gasteiger partial charge >= 0.3 is 0 Å². The van der Waals surface area contributed by atoms with Crippen LogP contribution in [-0.4, -0.2) is 25.0 Å². The maximum Gasteiger partial charge on any atom is 0.250 e. The lowest BCUT2D eigenvalue weighted by atomic mass is 10.1. The number of nitrogens with two attached hydrogens (primary N) is 1. The summed E-state index contributed by atoms with van der Waals surface area (Å²) in [5.74, 6) is -0.386. The van der Waals surface area contributed by atoms with E-state index >= 15 is 0 Å². The van der Waals surface area contributed by atoms with E-state index in [0.29, 0.717) is 11.6 Å². The molecule has 4 nitrogen and oxygen atoms in total. The van der Waals surface area contributed by atoms with Crippen LogP contribution in [0.25, 0.3) is 0 Å². The molecule has 0 atom stereocenters. The number of carbonyl (C=O) groups excluding carboxylic acids is 1. The Morgan fingerprint density at radius 2 is 2.18 bits per heavy atom. The average molecular weight is 233 g/mol. The Kier molecular flexibility index (Phi) is 3.64. The van der Waals surface area contributed by atoms with Crippen LogP contribution in [0.3, 0.4) is 0 Å². The fourth-order valence-corrected chi connectivity index (χ4v) is 1.78. The standard InChI is InChI=1S/C13H19N3O/c1-9-2-5-11(13(14)17)12(8-9)16-7-6-15-10-3-4-10/h2,5,8,10,15-16H,3-4,6-7H2,1H3,(H2,14,17). The van der Waals surface area contributed by atoms with E-state index in [1.807, 2.05) is 19.1 Å². The van der Waals surface area contributed by atoms with Crippen LogP contribution in [0.2, 0.25) is 0 Å². The van der Waals surface area contributed by atoms with E-state index in [0.717, 1.165) is 24.3 Å². The van der Waals surface area contributed by atoms with Crippen molar-refractivity contribution in [3.05, 3.63) is 29.3 Å². The highest BCUT2D eigenvalue weighted by Crippen LogP contribution is 2.19. The summed E-state index contributed by atoms with van der Waals surface area (Å²) in [7, 11) is 0. The van der Waals surface area contributed by atoms with Gasteiger partial charge in [0.25, 0.3) is 5.91 Å². The van der Waals surface area contributed by atoms with Crippen LogP contribution in [0.5, 0.6) is 0 Å². The third-order valence-electron chi connectivity index (χ3n) is 2.89. The van der Waals surface area contributed by atoms with Gasteiger partial charge in [0.05, 0.1) is 5.56 Å². The number of anilines is 1. The molecule has 0 heterocycles. The lowest BCUT2D eigenvalue weighted by Gasteiger charge is -2.11. The zero-order valence-corrected chi connectivity index (χ0v) is 10.1. The second-order valence-corrected chi connectivity index (χ2v) is 4.57. The molecule has 0 saturated heterocycles. The van der Waals surface area contributed by atoms with Gasteiger partial charge < -0.3 is 16.4 Å². The molecule has 1 amide bonds. The lowest BCUT2D eigenvalue weighted by Crippen LogP contribution is -2.25. The molecule has 4 N–H and O–H groups in total. The molecular weight excluding hydrogens is 214 g/mol. The molecular formula is C13H19N3O. The highest BCUT2D eigenvalue weighted by atomic mass is 16.1. The third kappa shape index (κ3) is 3.46. The molecule has 1 aliphatic carbocycles. The first-order valence-corrected chi connectivity index (χ1v) is 6.04. The Hall–Kier alpha value is -1.55. The van der Waals surface area contributed by atoms with E-state index in [2.05, 4.69) is 10.6 Å². The van der Waals surface area contributed by atoms with Crippen molar-refractivity contribution in [2.24, 2.45) is 5.73 Å². The topological polar surface area (TPSA) is 67.2 Å². The van der Waals surface area contributed by atoms with Crippen molar-refractivity contribution < 1.29 is 4.79 Å². The monoisotopic (exact) mass is 233 g/mol. The molecule has 1 fully saturated rings. The SMILES string of the molecule is Cc1ccc(C(N)=O)c(NCCNC2CC2)c1. The fraction of sp³-hybridized carbons (Fsp3) is 0.462. The van der Waals surface area contributed by atoms with Crippen LogP contribution in [0.4, 0.5) is 5.69 Å². The van der Waals surface area contributed by atoms with Gasteiger partial charge in [-0.15, -0.1) is 0 Å². The van der Waals surface area contributed by atoms with E-state index in [1.54, 1.807) is 6.07 Å². The number of hydrogen-bond donors (Lipinski definition) is 3. The molecule has 0 bridgehead atoms. The van der Waals surface area contributed by atoms with Crippen molar-refractivity contribution in [2.45, 2.75) is 25.8 Å². The summed E-state index contributed by atoms with van der Waals surface area (Å²) in [5.41, 5.74) is 7.84. The number of nitrogens with one attached hydrogen (secondary N) is 2. The van der Waals surface area contributed by atoms with Crippen molar-refractivity contribution in [1.29, 1.82) is 0 Å². The van der Waals surface area contributed by atoms with Crippen molar-refractivity contribution >= 4 is 11.6 Å². The van der Waals surface area contributed by atoms with E-state index in [9.17, 15) is 4.79 Å². The van der Waals surface area contributed by atoms with Crippen molar-refractivity contribution in [2.75, 3.05) is 18.4 Å². The number of aryl methyl sites for hydroxylation is 1. The van der Waals surface area contributed by atoms with Gasteiger partial charge in [0, 0.05) is 24.8 Å². The molecule has 92 valence electrons. The molecule has 0 aromatic heterocycles. The van der Waals surface area contributed by atoms with Crippen LogP contribution >= 0.6 is 0 Å². The fourth-order valence-electron chi connectivity index (χ4n) is 1.78. The molecule has 0 unspecified atom stereocenters. The Morgan fingerprint density at radius 1 is 1.41 bits per heavy atom. The number of primary amides is 1. The number of carbonyl (C=O) groups is 1. The molecule has 4 heteroatoms.